The number of esters is 1. The minimum absolute atomic E-state index is 0.307. The number of ether oxygens (including phenoxy) is 1. The van der Waals surface area contributed by atoms with E-state index in [1.54, 1.807) is 31.2 Å². The number of nitrogens with one attached hydrogen (secondary N) is 1. The van der Waals surface area contributed by atoms with Crippen molar-refractivity contribution in [3.05, 3.63) is 50.9 Å². The Morgan fingerprint density at radius 2 is 2.00 bits per heavy atom. The maximum Gasteiger partial charge on any atom is 0.341 e. The van der Waals surface area contributed by atoms with Crippen molar-refractivity contribution in [2.45, 2.75) is 32.6 Å². The smallest absolute Gasteiger partial charge is 0.341 e. The highest BCUT2D eigenvalue weighted by molar-refractivity contribution is 7.17. The summed E-state index contributed by atoms with van der Waals surface area (Å²) in [5.41, 5.74) is 1.93. The van der Waals surface area contributed by atoms with Gasteiger partial charge in [0.1, 0.15) is 5.00 Å². The van der Waals surface area contributed by atoms with E-state index in [-0.39, 0.29) is 11.9 Å². The van der Waals surface area contributed by atoms with Crippen molar-refractivity contribution < 1.29 is 14.3 Å². The first-order valence-electron chi connectivity index (χ1n) is 7.99. The summed E-state index contributed by atoms with van der Waals surface area (Å²) in [5.74, 6) is -0.684. The number of benzene rings is 1. The first-order valence-corrected chi connectivity index (χ1v) is 9.18. The number of carbonyl (C=O) groups is 2. The van der Waals surface area contributed by atoms with Crippen LogP contribution >= 0.6 is 22.9 Å². The number of rotatable bonds is 4. The van der Waals surface area contributed by atoms with Crippen molar-refractivity contribution in [2.75, 3.05) is 11.9 Å². The van der Waals surface area contributed by atoms with E-state index >= 15 is 0 Å². The number of amides is 1. The van der Waals surface area contributed by atoms with E-state index in [9.17, 15) is 9.59 Å². The molecule has 4 nitrogen and oxygen atoms in total. The summed E-state index contributed by atoms with van der Waals surface area (Å²) in [6, 6.07) is 6.86. The summed E-state index contributed by atoms with van der Waals surface area (Å²) < 4.78 is 5.19. The minimum Gasteiger partial charge on any atom is -0.462 e. The van der Waals surface area contributed by atoms with Crippen molar-refractivity contribution in [1.29, 1.82) is 0 Å². The lowest BCUT2D eigenvalue weighted by Crippen LogP contribution is -2.16. The molecule has 0 fully saturated rings. The third-order valence-electron chi connectivity index (χ3n) is 4.00. The zero-order valence-electron chi connectivity index (χ0n) is 13.4. The maximum absolute atomic E-state index is 12.5. The van der Waals surface area contributed by atoms with Crippen LogP contribution in [0, 0.1) is 0 Å². The Hall–Kier alpha value is -1.85. The van der Waals surface area contributed by atoms with Crippen LogP contribution in [0.4, 0.5) is 5.00 Å². The van der Waals surface area contributed by atoms with Gasteiger partial charge in [0.15, 0.2) is 0 Å². The number of hydrogen-bond acceptors (Lipinski definition) is 4. The Kier molecular flexibility index (Phi) is 5.21. The molecule has 1 aromatic carbocycles. The molecule has 2 aromatic rings. The predicted octanol–water partition coefficient (Wildman–Crippen LogP) is 4.71. The molecule has 1 heterocycles. The van der Waals surface area contributed by atoms with Gasteiger partial charge in [-0.1, -0.05) is 23.7 Å². The highest BCUT2D eigenvalue weighted by Crippen LogP contribution is 2.39. The molecule has 0 spiro atoms. The molecule has 3 rings (SSSR count). The fourth-order valence-electron chi connectivity index (χ4n) is 2.89. The van der Waals surface area contributed by atoms with Crippen LogP contribution in [0.5, 0.6) is 0 Å². The van der Waals surface area contributed by atoms with Crippen molar-refractivity contribution in [3.8, 4) is 0 Å². The fourth-order valence-corrected chi connectivity index (χ4v) is 4.38. The number of thiophene rings is 1. The van der Waals surface area contributed by atoms with E-state index in [1.165, 1.54) is 16.2 Å². The molecule has 1 N–H and O–H groups in total. The minimum atomic E-state index is -0.369. The van der Waals surface area contributed by atoms with Crippen LogP contribution in [0.15, 0.2) is 24.3 Å². The van der Waals surface area contributed by atoms with E-state index in [2.05, 4.69) is 5.32 Å². The molecule has 6 heteroatoms. The SMILES string of the molecule is CCOC(=O)c1c(NC(=O)c2ccccc2Cl)sc2c1CCCC2. The molecule has 0 bridgehead atoms. The molecule has 1 aromatic heterocycles. The Morgan fingerprint density at radius 3 is 2.75 bits per heavy atom. The zero-order chi connectivity index (χ0) is 17.1. The van der Waals surface area contributed by atoms with Gasteiger partial charge < -0.3 is 10.1 Å². The van der Waals surface area contributed by atoms with E-state index in [1.807, 2.05) is 0 Å². The number of carbonyl (C=O) groups excluding carboxylic acids is 2. The molecule has 24 heavy (non-hydrogen) atoms. The summed E-state index contributed by atoms with van der Waals surface area (Å²) in [7, 11) is 0. The van der Waals surface area contributed by atoms with Crippen LogP contribution in [0.1, 0.15) is 50.9 Å². The molecule has 126 valence electrons. The van der Waals surface area contributed by atoms with Crippen LogP contribution in [-0.2, 0) is 17.6 Å². The monoisotopic (exact) mass is 363 g/mol. The molecule has 0 atom stereocenters. The lowest BCUT2D eigenvalue weighted by Gasteiger charge is -2.12. The van der Waals surface area contributed by atoms with Crippen LogP contribution in [0.2, 0.25) is 5.02 Å². The third kappa shape index (κ3) is 3.32. The molecule has 0 unspecified atom stereocenters. The van der Waals surface area contributed by atoms with Gasteiger partial charge in [-0.15, -0.1) is 11.3 Å². The first-order chi connectivity index (χ1) is 11.6. The number of anilines is 1. The molecule has 0 saturated heterocycles. The third-order valence-corrected chi connectivity index (χ3v) is 5.53. The first kappa shape index (κ1) is 17.0. The van der Waals surface area contributed by atoms with Crippen molar-refractivity contribution >= 4 is 39.8 Å². The van der Waals surface area contributed by atoms with E-state index in [0.717, 1.165) is 31.2 Å². The van der Waals surface area contributed by atoms with Gasteiger partial charge >= 0.3 is 5.97 Å². The molecule has 0 saturated carbocycles. The normalized spacial score (nSPS) is 13.2. The van der Waals surface area contributed by atoms with Gasteiger partial charge in [-0.2, -0.15) is 0 Å². The highest BCUT2D eigenvalue weighted by Gasteiger charge is 2.27. The number of hydrogen-bond donors (Lipinski definition) is 1. The van der Waals surface area contributed by atoms with E-state index < -0.39 is 0 Å². The summed E-state index contributed by atoms with van der Waals surface area (Å²) in [5, 5.41) is 3.80. The van der Waals surface area contributed by atoms with Crippen LogP contribution in [0.3, 0.4) is 0 Å². The Morgan fingerprint density at radius 1 is 1.25 bits per heavy atom. The van der Waals surface area contributed by atoms with Crippen molar-refractivity contribution in [3.63, 3.8) is 0 Å². The van der Waals surface area contributed by atoms with Gasteiger partial charge in [-0.3, -0.25) is 4.79 Å². The van der Waals surface area contributed by atoms with Gasteiger partial charge in [-0.25, -0.2) is 4.79 Å². The highest BCUT2D eigenvalue weighted by atomic mass is 35.5. The Balaban J connectivity index is 1.95. The summed E-state index contributed by atoms with van der Waals surface area (Å²) in [6.07, 6.45) is 3.94. The topological polar surface area (TPSA) is 55.4 Å². The average Bonchev–Trinajstić information content (AvgIpc) is 2.93. The fraction of sp³-hybridized carbons (Fsp3) is 0.333. The van der Waals surface area contributed by atoms with Crippen LogP contribution in [0.25, 0.3) is 0 Å². The largest absolute Gasteiger partial charge is 0.462 e. The lowest BCUT2D eigenvalue weighted by molar-refractivity contribution is 0.0526. The van der Waals surface area contributed by atoms with Crippen LogP contribution < -0.4 is 5.32 Å². The lowest BCUT2D eigenvalue weighted by atomic mass is 9.95. The molecule has 1 aliphatic rings. The zero-order valence-corrected chi connectivity index (χ0v) is 14.9. The second-order valence-electron chi connectivity index (χ2n) is 5.57. The second-order valence-corrected chi connectivity index (χ2v) is 7.08. The summed E-state index contributed by atoms with van der Waals surface area (Å²) in [4.78, 5) is 26.1. The molecular formula is C18H18ClNO3S. The predicted molar refractivity (Wildman–Crippen MR) is 96.3 cm³/mol. The van der Waals surface area contributed by atoms with Gasteiger partial charge in [0, 0.05) is 4.88 Å². The Bertz CT molecular complexity index is 785. The molecular weight excluding hydrogens is 346 g/mol. The molecule has 0 aliphatic heterocycles. The average molecular weight is 364 g/mol. The second kappa shape index (κ2) is 7.36. The maximum atomic E-state index is 12.5. The van der Waals surface area contributed by atoms with Gasteiger partial charge in [0.05, 0.1) is 22.8 Å². The van der Waals surface area contributed by atoms with Crippen molar-refractivity contribution in [1.82, 2.24) is 0 Å². The van der Waals surface area contributed by atoms with Gasteiger partial charge in [0.2, 0.25) is 0 Å². The van der Waals surface area contributed by atoms with Crippen molar-refractivity contribution in [2.24, 2.45) is 0 Å². The summed E-state index contributed by atoms with van der Waals surface area (Å²) >= 11 is 7.56. The standard InChI is InChI=1S/C18H18ClNO3S/c1-2-23-18(22)15-12-8-4-6-10-14(12)24-17(15)20-16(21)11-7-3-5-9-13(11)19/h3,5,7,9H,2,4,6,8,10H2,1H3,(H,20,21). The quantitative estimate of drug-likeness (QED) is 0.800. The Labute approximate surface area is 149 Å². The van der Waals surface area contributed by atoms with Crippen LogP contribution in [-0.4, -0.2) is 18.5 Å². The van der Waals surface area contributed by atoms with Gasteiger partial charge in [0.25, 0.3) is 5.91 Å². The van der Waals surface area contributed by atoms with E-state index in [0.29, 0.717) is 27.8 Å². The van der Waals surface area contributed by atoms with E-state index in [4.69, 9.17) is 16.3 Å². The number of aryl methyl sites for hydroxylation is 1. The number of fused-ring (bicyclic) bond motifs is 1. The molecule has 1 aliphatic carbocycles. The summed E-state index contributed by atoms with van der Waals surface area (Å²) in [6.45, 7) is 2.08. The number of halogens is 1. The molecule has 1 amide bonds. The molecule has 0 radical (unpaired) electrons. The van der Waals surface area contributed by atoms with Gasteiger partial charge in [-0.05, 0) is 50.3 Å².